The molecule has 1 rings (SSSR count). The van der Waals surface area contributed by atoms with E-state index in [1.165, 1.54) is 32.4 Å². The van der Waals surface area contributed by atoms with E-state index >= 15 is 0 Å². The molecule has 0 aromatic heterocycles. The monoisotopic (exact) mass is 293 g/mol. The van der Waals surface area contributed by atoms with Crippen LogP contribution in [0.4, 0.5) is 0 Å². The Labute approximate surface area is 65.0 Å². The third-order valence-electron chi connectivity index (χ3n) is 1.21. The van der Waals surface area contributed by atoms with Gasteiger partial charge in [-0.1, -0.05) is 6.42 Å². The summed E-state index contributed by atoms with van der Waals surface area (Å²) in [6, 6.07) is 0. The third-order valence-corrected chi connectivity index (χ3v) is 1.21. The van der Waals surface area contributed by atoms with Crippen molar-refractivity contribution >= 4 is 27.3 Å². The summed E-state index contributed by atoms with van der Waals surface area (Å²) in [5.41, 5.74) is 0. The Hall–Kier alpha value is 0.882. The van der Waals surface area contributed by atoms with E-state index in [-0.39, 0.29) is 27.3 Å². The molecule has 1 saturated heterocycles. The topological polar surface area (TPSA) is 12.0 Å². The average molecular weight is 292 g/mol. The van der Waals surface area contributed by atoms with E-state index in [1.807, 2.05) is 0 Å². The second-order valence-corrected chi connectivity index (χ2v) is 1.81. The van der Waals surface area contributed by atoms with Gasteiger partial charge in [0.05, 0.1) is 0 Å². The summed E-state index contributed by atoms with van der Waals surface area (Å²) >= 11 is 0. The minimum absolute atomic E-state index is 0. The van der Waals surface area contributed by atoms with Crippen LogP contribution in [0.1, 0.15) is 19.3 Å². The van der Waals surface area contributed by atoms with Crippen LogP contribution in [0, 0.1) is 0 Å². The molecule has 0 amide bonds. The molecule has 0 aliphatic carbocycles. The first kappa shape index (κ1) is 7.88. The van der Waals surface area contributed by atoms with Crippen LogP contribution >= 0.6 is 0 Å². The van der Waals surface area contributed by atoms with E-state index in [0.717, 1.165) is 0 Å². The van der Waals surface area contributed by atoms with E-state index in [0.29, 0.717) is 0 Å². The minimum atomic E-state index is 0. The Kier molecular flexibility index (Phi) is 5.66. The number of nitrogens with one attached hydrogen (secondary N) is 1. The van der Waals surface area contributed by atoms with Crippen LogP contribution in [0.25, 0.3) is 0 Å². The third kappa shape index (κ3) is 3.46. The van der Waals surface area contributed by atoms with Crippen LogP contribution in [0.5, 0.6) is 0 Å². The molecular weight excluding hydrogens is 281 g/mol. The van der Waals surface area contributed by atoms with E-state index in [2.05, 4.69) is 5.32 Å². The van der Waals surface area contributed by atoms with E-state index < -0.39 is 0 Å². The second-order valence-electron chi connectivity index (χ2n) is 1.81. The van der Waals surface area contributed by atoms with Crippen LogP contribution in [0.15, 0.2) is 0 Å². The predicted octanol–water partition coefficient (Wildman–Crippen LogP) is 0.379. The number of hydrogen-bond acceptors (Lipinski definition) is 1. The fourth-order valence-electron chi connectivity index (χ4n) is 0.802. The maximum absolute atomic E-state index is 3.28. The average Bonchev–Trinajstić information content (AvgIpc) is 1.72. The second kappa shape index (κ2) is 5.03. The molecule has 0 saturated carbocycles. The Morgan fingerprint density at radius 2 is 1.43 bits per heavy atom. The van der Waals surface area contributed by atoms with Crippen molar-refractivity contribution in [1.82, 2.24) is 5.32 Å². The summed E-state index contributed by atoms with van der Waals surface area (Å²) in [6.45, 7) is 2.50. The van der Waals surface area contributed by atoms with Crippen molar-refractivity contribution in [3.63, 3.8) is 0 Å². The van der Waals surface area contributed by atoms with Crippen LogP contribution in [-0.4, -0.2) is 40.4 Å². The fourth-order valence-corrected chi connectivity index (χ4v) is 0.802. The molecule has 1 aliphatic rings. The minimum Gasteiger partial charge on any atom is -0.317 e. The van der Waals surface area contributed by atoms with Crippen LogP contribution < -0.4 is 5.32 Å². The van der Waals surface area contributed by atoms with Crippen LogP contribution in [0.2, 0.25) is 0 Å². The van der Waals surface area contributed by atoms with Gasteiger partial charge in [0.2, 0.25) is 0 Å². The van der Waals surface area contributed by atoms with Crippen molar-refractivity contribution < 1.29 is 0 Å². The molecule has 0 bridgehead atoms. The van der Waals surface area contributed by atoms with Crippen molar-refractivity contribution in [3.05, 3.63) is 0 Å². The van der Waals surface area contributed by atoms with Gasteiger partial charge in [-0.25, -0.2) is 0 Å². The quantitative estimate of drug-likeness (QED) is 0.637. The van der Waals surface area contributed by atoms with Gasteiger partial charge in [0.25, 0.3) is 0 Å². The summed E-state index contributed by atoms with van der Waals surface area (Å²) in [4.78, 5) is 0. The Bertz CT molecular complexity index is 23.6. The van der Waals surface area contributed by atoms with Gasteiger partial charge >= 0.3 is 0 Å². The zero-order valence-corrected chi connectivity index (χ0v) is 8.42. The first-order valence-corrected chi connectivity index (χ1v) is 2.71. The summed E-state index contributed by atoms with van der Waals surface area (Å²) in [5, 5.41) is 3.28. The van der Waals surface area contributed by atoms with Crippen molar-refractivity contribution in [3.8, 4) is 0 Å². The molecule has 0 spiro atoms. The SMILES string of the molecule is C1CCNCC1.[Pb]. The molecule has 1 aliphatic heterocycles. The molecule has 0 aromatic rings. The molecule has 1 nitrogen and oxygen atoms in total. The van der Waals surface area contributed by atoms with Crippen molar-refractivity contribution in [2.45, 2.75) is 19.3 Å². The van der Waals surface area contributed by atoms with Crippen molar-refractivity contribution in [2.24, 2.45) is 0 Å². The van der Waals surface area contributed by atoms with Gasteiger partial charge in [-0.2, -0.15) is 0 Å². The summed E-state index contributed by atoms with van der Waals surface area (Å²) < 4.78 is 0. The molecule has 4 radical (unpaired) electrons. The standard InChI is InChI=1S/C5H11N.Pb/c1-2-4-6-5-3-1;/h6H,1-5H2;. The molecule has 1 fully saturated rings. The normalized spacial score (nSPS) is 20.6. The van der Waals surface area contributed by atoms with Gasteiger partial charge in [0, 0.05) is 27.3 Å². The van der Waals surface area contributed by atoms with Crippen LogP contribution in [-0.2, 0) is 0 Å². The van der Waals surface area contributed by atoms with Gasteiger partial charge in [-0.05, 0) is 25.9 Å². The number of rotatable bonds is 0. The first-order chi connectivity index (χ1) is 3.00. The van der Waals surface area contributed by atoms with Crippen LogP contribution in [0.3, 0.4) is 0 Å². The molecule has 0 unspecified atom stereocenters. The van der Waals surface area contributed by atoms with E-state index in [9.17, 15) is 0 Å². The zero-order chi connectivity index (χ0) is 4.24. The smallest absolute Gasteiger partial charge is 0 e. The summed E-state index contributed by atoms with van der Waals surface area (Å²) in [6.07, 6.45) is 4.22. The Morgan fingerprint density at radius 3 is 1.57 bits per heavy atom. The molecular formula is C5H11NPb. The largest absolute Gasteiger partial charge is 0.317 e. The molecule has 1 N–H and O–H groups in total. The molecule has 40 valence electrons. The van der Waals surface area contributed by atoms with E-state index in [4.69, 9.17) is 0 Å². The fraction of sp³-hybridized carbons (Fsp3) is 1.00. The zero-order valence-electron chi connectivity index (χ0n) is 4.54. The molecule has 0 aromatic carbocycles. The predicted molar refractivity (Wildman–Crippen MR) is 32.5 cm³/mol. The number of piperidine rings is 1. The van der Waals surface area contributed by atoms with Gasteiger partial charge in [-0.15, -0.1) is 0 Å². The van der Waals surface area contributed by atoms with E-state index in [1.54, 1.807) is 0 Å². The maximum atomic E-state index is 3.28. The summed E-state index contributed by atoms with van der Waals surface area (Å²) in [7, 11) is 0. The van der Waals surface area contributed by atoms with Gasteiger partial charge < -0.3 is 5.32 Å². The molecule has 0 atom stereocenters. The van der Waals surface area contributed by atoms with Crippen molar-refractivity contribution in [2.75, 3.05) is 13.1 Å². The number of hydrogen-bond donors (Lipinski definition) is 1. The van der Waals surface area contributed by atoms with Gasteiger partial charge in [0.15, 0.2) is 0 Å². The van der Waals surface area contributed by atoms with Crippen molar-refractivity contribution in [1.29, 1.82) is 0 Å². The molecule has 7 heavy (non-hydrogen) atoms. The van der Waals surface area contributed by atoms with Gasteiger partial charge in [-0.3, -0.25) is 0 Å². The van der Waals surface area contributed by atoms with Gasteiger partial charge in [0.1, 0.15) is 0 Å². The summed E-state index contributed by atoms with van der Waals surface area (Å²) in [5.74, 6) is 0. The maximum Gasteiger partial charge on any atom is 0 e. The Morgan fingerprint density at radius 1 is 0.857 bits per heavy atom. The molecule has 2 heteroatoms. The molecule has 1 heterocycles. The first-order valence-electron chi connectivity index (χ1n) is 2.71. The Balaban J connectivity index is 0.000000360.